The maximum absolute atomic E-state index is 11.4. The van der Waals surface area contributed by atoms with E-state index in [0.717, 1.165) is 11.6 Å². The van der Waals surface area contributed by atoms with E-state index < -0.39 is 0 Å². The van der Waals surface area contributed by atoms with Crippen LogP contribution in [-0.4, -0.2) is 12.3 Å². The summed E-state index contributed by atoms with van der Waals surface area (Å²) in [6.07, 6.45) is 1.73. The number of hydrogen-bond acceptors (Lipinski definition) is 3. The molecule has 0 atom stereocenters. The summed E-state index contributed by atoms with van der Waals surface area (Å²) in [6, 6.07) is 12.7. The summed E-state index contributed by atoms with van der Waals surface area (Å²) >= 11 is 1.68. The number of carbonyl (C=O) groups excluding carboxylic acids is 1. The van der Waals surface area contributed by atoms with Gasteiger partial charge in [-0.05, 0) is 25.3 Å². The van der Waals surface area contributed by atoms with Crippen molar-refractivity contribution in [2.45, 2.75) is 18.7 Å². The maximum atomic E-state index is 11.4. The van der Waals surface area contributed by atoms with Crippen LogP contribution in [-0.2, 0) is 4.79 Å². The lowest BCUT2D eigenvalue weighted by Crippen LogP contribution is -2.17. The molecule has 96 valence electrons. The van der Waals surface area contributed by atoms with Crippen LogP contribution in [0.4, 0.5) is 5.69 Å². The van der Waals surface area contributed by atoms with E-state index >= 15 is 0 Å². The van der Waals surface area contributed by atoms with E-state index in [2.05, 4.69) is 48.2 Å². The quantitative estimate of drug-likeness (QED) is 0.762. The van der Waals surface area contributed by atoms with Crippen LogP contribution >= 0.6 is 11.8 Å². The van der Waals surface area contributed by atoms with E-state index in [1.54, 1.807) is 24.8 Å². The van der Waals surface area contributed by atoms with E-state index in [9.17, 15) is 4.79 Å². The number of carbonyl (C=O) groups is 1. The molecule has 0 amide bonds. The standard InChI is InChI=1S/C16H15NOS/c1-3-17-15(10-11(2)18)19-14-9-8-12-6-4-5-7-13(12)16(14)17/h4-10H,3H2,1-2H3. The van der Waals surface area contributed by atoms with Crippen LogP contribution in [0.15, 0.2) is 52.4 Å². The minimum atomic E-state index is 0.0954. The van der Waals surface area contributed by atoms with Gasteiger partial charge in [0.15, 0.2) is 5.78 Å². The number of hydrogen-bond donors (Lipinski definition) is 0. The van der Waals surface area contributed by atoms with Gasteiger partial charge in [-0.25, -0.2) is 0 Å². The first-order valence-electron chi connectivity index (χ1n) is 6.40. The number of ketones is 1. The summed E-state index contributed by atoms with van der Waals surface area (Å²) in [4.78, 5) is 14.8. The highest BCUT2D eigenvalue weighted by Gasteiger charge is 2.26. The molecule has 1 aliphatic rings. The summed E-state index contributed by atoms with van der Waals surface area (Å²) < 4.78 is 0. The lowest BCUT2D eigenvalue weighted by atomic mass is 10.1. The molecule has 0 spiro atoms. The Bertz CT molecular complexity index is 690. The molecule has 1 aliphatic heterocycles. The zero-order chi connectivity index (χ0) is 13.4. The average molecular weight is 269 g/mol. The predicted octanol–water partition coefficient (Wildman–Crippen LogP) is 4.20. The third-order valence-corrected chi connectivity index (χ3v) is 4.35. The lowest BCUT2D eigenvalue weighted by molar-refractivity contribution is -0.112. The minimum Gasteiger partial charge on any atom is -0.335 e. The largest absolute Gasteiger partial charge is 0.335 e. The Morgan fingerprint density at radius 1 is 1.26 bits per heavy atom. The molecule has 1 heterocycles. The van der Waals surface area contributed by atoms with Crippen LogP contribution in [0.3, 0.4) is 0 Å². The van der Waals surface area contributed by atoms with Crippen molar-refractivity contribution in [3.8, 4) is 0 Å². The molecule has 0 N–H and O–H groups in total. The first-order valence-corrected chi connectivity index (χ1v) is 7.21. The fraction of sp³-hybridized carbons (Fsp3) is 0.188. The number of thioether (sulfide) groups is 1. The molecular weight excluding hydrogens is 254 g/mol. The molecule has 0 saturated carbocycles. The van der Waals surface area contributed by atoms with Crippen LogP contribution in [0, 0.1) is 0 Å². The Morgan fingerprint density at radius 2 is 2.05 bits per heavy atom. The first-order chi connectivity index (χ1) is 9.20. The van der Waals surface area contributed by atoms with Crippen molar-refractivity contribution in [1.29, 1.82) is 0 Å². The highest BCUT2D eigenvalue weighted by atomic mass is 32.2. The van der Waals surface area contributed by atoms with Crippen LogP contribution in [0.1, 0.15) is 13.8 Å². The molecule has 0 unspecified atom stereocenters. The Kier molecular flexibility index (Phi) is 3.07. The zero-order valence-corrected chi connectivity index (χ0v) is 11.8. The topological polar surface area (TPSA) is 20.3 Å². The molecule has 0 radical (unpaired) electrons. The number of rotatable bonds is 2. The summed E-state index contributed by atoms with van der Waals surface area (Å²) in [7, 11) is 0. The molecule has 2 aromatic carbocycles. The molecule has 0 bridgehead atoms. The monoisotopic (exact) mass is 269 g/mol. The smallest absolute Gasteiger partial charge is 0.155 e. The van der Waals surface area contributed by atoms with Gasteiger partial charge >= 0.3 is 0 Å². The molecule has 0 aliphatic carbocycles. The van der Waals surface area contributed by atoms with Gasteiger partial charge in [-0.3, -0.25) is 4.79 Å². The number of anilines is 1. The fourth-order valence-corrected chi connectivity index (χ4v) is 3.70. The van der Waals surface area contributed by atoms with Gasteiger partial charge in [0.1, 0.15) is 0 Å². The Hall–Kier alpha value is -1.74. The van der Waals surface area contributed by atoms with Crippen molar-refractivity contribution in [3.05, 3.63) is 47.5 Å². The number of benzene rings is 2. The molecule has 0 aromatic heterocycles. The van der Waals surface area contributed by atoms with Gasteiger partial charge in [0.25, 0.3) is 0 Å². The second-order valence-electron chi connectivity index (χ2n) is 4.57. The SMILES string of the molecule is CCN1C(=CC(C)=O)Sc2ccc3ccccc3c21. The van der Waals surface area contributed by atoms with Crippen LogP contribution < -0.4 is 4.90 Å². The highest BCUT2D eigenvalue weighted by Crippen LogP contribution is 2.49. The van der Waals surface area contributed by atoms with Crippen LogP contribution in [0.5, 0.6) is 0 Å². The van der Waals surface area contributed by atoms with Crippen molar-refractivity contribution in [2.75, 3.05) is 11.4 Å². The molecule has 19 heavy (non-hydrogen) atoms. The van der Waals surface area contributed by atoms with Gasteiger partial charge in [0.05, 0.1) is 10.7 Å². The second kappa shape index (κ2) is 4.74. The van der Waals surface area contributed by atoms with Gasteiger partial charge in [-0.1, -0.05) is 42.1 Å². The van der Waals surface area contributed by atoms with E-state index in [1.807, 2.05) is 0 Å². The second-order valence-corrected chi connectivity index (χ2v) is 5.64. The summed E-state index contributed by atoms with van der Waals surface area (Å²) in [5, 5.41) is 3.52. The molecule has 2 nitrogen and oxygen atoms in total. The van der Waals surface area contributed by atoms with Crippen LogP contribution in [0.25, 0.3) is 10.8 Å². The van der Waals surface area contributed by atoms with Crippen molar-refractivity contribution in [1.82, 2.24) is 0 Å². The molecule has 0 saturated heterocycles. The van der Waals surface area contributed by atoms with E-state index in [0.29, 0.717) is 0 Å². The number of nitrogens with zero attached hydrogens (tertiary/aromatic N) is 1. The molecule has 0 fully saturated rings. The normalized spacial score (nSPS) is 16.1. The zero-order valence-electron chi connectivity index (χ0n) is 11.0. The Morgan fingerprint density at radius 3 is 2.79 bits per heavy atom. The van der Waals surface area contributed by atoms with Gasteiger partial charge in [0.2, 0.25) is 0 Å². The molecule has 3 rings (SSSR count). The molecule has 2 aromatic rings. The van der Waals surface area contributed by atoms with E-state index in [4.69, 9.17) is 0 Å². The van der Waals surface area contributed by atoms with Gasteiger partial charge < -0.3 is 4.90 Å². The number of allylic oxidation sites excluding steroid dienone is 1. The summed E-state index contributed by atoms with van der Waals surface area (Å²) in [6.45, 7) is 4.58. The third-order valence-electron chi connectivity index (χ3n) is 3.26. The number of fused-ring (bicyclic) bond motifs is 3. The maximum Gasteiger partial charge on any atom is 0.155 e. The van der Waals surface area contributed by atoms with E-state index in [1.165, 1.54) is 21.4 Å². The Labute approximate surface area is 117 Å². The predicted molar refractivity (Wildman–Crippen MR) is 81.6 cm³/mol. The molecule has 3 heteroatoms. The van der Waals surface area contributed by atoms with Crippen LogP contribution in [0.2, 0.25) is 0 Å². The highest BCUT2D eigenvalue weighted by molar-refractivity contribution is 8.03. The van der Waals surface area contributed by atoms with Crippen molar-refractivity contribution in [2.24, 2.45) is 0 Å². The van der Waals surface area contributed by atoms with E-state index in [-0.39, 0.29) is 5.78 Å². The summed E-state index contributed by atoms with van der Waals surface area (Å²) in [5.41, 5.74) is 1.23. The van der Waals surface area contributed by atoms with Gasteiger partial charge in [-0.2, -0.15) is 0 Å². The van der Waals surface area contributed by atoms with Gasteiger partial charge in [0, 0.05) is 22.9 Å². The minimum absolute atomic E-state index is 0.0954. The summed E-state index contributed by atoms with van der Waals surface area (Å²) in [5.74, 6) is 0.0954. The third kappa shape index (κ3) is 2.04. The molecular formula is C16H15NOS. The van der Waals surface area contributed by atoms with Crippen molar-refractivity contribution >= 4 is 34.0 Å². The van der Waals surface area contributed by atoms with Crippen molar-refractivity contribution in [3.63, 3.8) is 0 Å². The fourth-order valence-electron chi connectivity index (χ4n) is 2.47. The van der Waals surface area contributed by atoms with Crippen molar-refractivity contribution < 1.29 is 4.79 Å². The van der Waals surface area contributed by atoms with Gasteiger partial charge in [-0.15, -0.1) is 0 Å². The average Bonchev–Trinajstić information content (AvgIpc) is 2.75. The lowest BCUT2D eigenvalue weighted by Gasteiger charge is -2.19. The Balaban J connectivity index is 2.23. The first kappa shape index (κ1) is 12.3.